The molecule has 0 unspecified atom stereocenters. The second kappa shape index (κ2) is 11.1. The van der Waals surface area contributed by atoms with Crippen LogP contribution in [-0.4, -0.2) is 43.2 Å². The van der Waals surface area contributed by atoms with Gasteiger partial charge in [0.2, 0.25) is 5.91 Å². The van der Waals surface area contributed by atoms with Crippen molar-refractivity contribution in [3.63, 3.8) is 0 Å². The van der Waals surface area contributed by atoms with Crippen molar-refractivity contribution in [1.29, 1.82) is 0 Å². The maximum absolute atomic E-state index is 13.2. The van der Waals surface area contributed by atoms with E-state index < -0.39 is 21.5 Å². The Balaban J connectivity index is 0.00000337. The number of urea groups is 1. The van der Waals surface area contributed by atoms with Crippen LogP contribution in [0.15, 0.2) is 51.8 Å². The van der Waals surface area contributed by atoms with Crippen LogP contribution in [0.5, 0.6) is 0 Å². The number of benzene rings is 2. The predicted molar refractivity (Wildman–Crippen MR) is 153 cm³/mol. The molecule has 2 N–H and O–H groups in total. The van der Waals surface area contributed by atoms with Crippen molar-refractivity contribution in [1.82, 2.24) is 14.9 Å². The molecule has 0 saturated heterocycles. The largest absolute Gasteiger partial charge is 1.00 e. The number of hydrogen-bond donors (Lipinski definition) is 2. The van der Waals surface area contributed by atoms with Gasteiger partial charge in [-0.05, 0) is 112 Å². The number of rotatable bonds is 6. The van der Waals surface area contributed by atoms with Crippen LogP contribution in [0, 0.1) is 17.8 Å². The van der Waals surface area contributed by atoms with Gasteiger partial charge in [0.25, 0.3) is 15.9 Å². The minimum atomic E-state index is -4.05. The van der Waals surface area contributed by atoms with Crippen LogP contribution in [0.4, 0.5) is 4.79 Å². The van der Waals surface area contributed by atoms with Crippen LogP contribution in [0.25, 0.3) is 0 Å². The summed E-state index contributed by atoms with van der Waals surface area (Å²) in [6, 6.07) is 10.9. The fourth-order valence-electron chi connectivity index (χ4n) is 7.92. The predicted octanol–water partition coefficient (Wildman–Crippen LogP) is 1.91. The van der Waals surface area contributed by atoms with Crippen LogP contribution in [0.2, 0.25) is 0 Å². The van der Waals surface area contributed by atoms with Gasteiger partial charge in [0.15, 0.2) is 0 Å². The van der Waals surface area contributed by atoms with E-state index in [9.17, 15) is 22.8 Å². The Kier molecular flexibility index (Phi) is 8.31. The zero-order valence-electron chi connectivity index (χ0n) is 23.7. The molecule has 1 aliphatic heterocycles. The van der Waals surface area contributed by atoms with Crippen LogP contribution in [0.1, 0.15) is 73.9 Å². The SMILES string of the molecule is CC1(C)C(=O)N(CCc2ccc(S(=O)(=O)NC(=O)NC34CC5CC(CC(C5)C3)C4)cc2)C(=O)c2cc(Br)ccc21.[Na+]. The maximum Gasteiger partial charge on any atom is 1.00 e. The number of carbonyl (C=O) groups is 3. The van der Waals surface area contributed by atoms with Crippen molar-refractivity contribution in [2.24, 2.45) is 17.8 Å². The zero-order valence-corrected chi connectivity index (χ0v) is 28.1. The Labute approximate surface area is 271 Å². The number of fused-ring (bicyclic) bond motifs is 1. The number of nitrogens with zero attached hydrogens (tertiary/aromatic N) is 1. The Morgan fingerprint density at radius 3 is 2.15 bits per heavy atom. The molecule has 41 heavy (non-hydrogen) atoms. The minimum absolute atomic E-state index is 0. The van der Waals surface area contributed by atoms with E-state index in [1.807, 2.05) is 26.0 Å². The van der Waals surface area contributed by atoms with E-state index in [1.54, 1.807) is 18.2 Å². The molecule has 212 valence electrons. The van der Waals surface area contributed by atoms with E-state index in [0.29, 0.717) is 35.3 Å². The van der Waals surface area contributed by atoms with Crippen LogP contribution >= 0.6 is 15.9 Å². The molecule has 0 radical (unpaired) electrons. The molecule has 4 aliphatic carbocycles. The molecule has 0 atom stereocenters. The number of amides is 4. The Morgan fingerprint density at radius 1 is 0.976 bits per heavy atom. The van der Waals surface area contributed by atoms with Crippen LogP contribution in [-0.2, 0) is 26.7 Å². The van der Waals surface area contributed by atoms with Crippen molar-refractivity contribution in [3.8, 4) is 0 Å². The first-order valence-electron chi connectivity index (χ1n) is 14.0. The van der Waals surface area contributed by atoms with Gasteiger partial charge in [-0.25, -0.2) is 17.9 Å². The summed E-state index contributed by atoms with van der Waals surface area (Å²) in [6.45, 7) is 3.80. The second-order valence-corrected chi connectivity index (χ2v) is 15.3. The zero-order chi connectivity index (χ0) is 28.4. The summed E-state index contributed by atoms with van der Waals surface area (Å²) in [5.41, 5.74) is 0.849. The van der Waals surface area contributed by atoms with Gasteiger partial charge in [-0.15, -0.1) is 0 Å². The molecule has 4 amide bonds. The van der Waals surface area contributed by atoms with Crippen LogP contribution in [0.3, 0.4) is 0 Å². The first kappa shape index (κ1) is 30.7. The fourth-order valence-corrected chi connectivity index (χ4v) is 9.19. The third-order valence-electron chi connectivity index (χ3n) is 9.41. The molecule has 7 rings (SSSR count). The molecule has 4 bridgehead atoms. The Hall–Kier alpha value is -1.72. The summed E-state index contributed by atoms with van der Waals surface area (Å²) in [5.74, 6) is 1.30. The van der Waals surface area contributed by atoms with Gasteiger partial charge in [-0.2, -0.15) is 0 Å². The molecule has 2 aromatic rings. The van der Waals surface area contributed by atoms with Crippen LogP contribution < -0.4 is 39.6 Å². The monoisotopic (exact) mass is 650 g/mol. The number of imide groups is 1. The van der Waals surface area contributed by atoms with Gasteiger partial charge in [-0.1, -0.05) is 34.1 Å². The summed E-state index contributed by atoms with van der Waals surface area (Å²) in [6.07, 6.45) is 6.87. The molecular formula is C30H34BrN3NaO5S+. The molecule has 11 heteroatoms. The molecule has 5 aliphatic rings. The first-order chi connectivity index (χ1) is 18.8. The van der Waals surface area contributed by atoms with Gasteiger partial charge in [-0.3, -0.25) is 14.5 Å². The molecule has 1 heterocycles. The topological polar surface area (TPSA) is 113 Å². The number of sulfonamides is 1. The summed E-state index contributed by atoms with van der Waals surface area (Å²) in [4.78, 5) is 40.4. The number of carbonyl (C=O) groups excluding carboxylic acids is 3. The quantitative estimate of drug-likeness (QED) is 0.367. The van der Waals surface area contributed by atoms with Crippen molar-refractivity contribution >= 4 is 43.8 Å². The Morgan fingerprint density at radius 2 is 1.56 bits per heavy atom. The van der Waals surface area contributed by atoms with E-state index in [0.717, 1.165) is 29.3 Å². The van der Waals surface area contributed by atoms with E-state index in [2.05, 4.69) is 26.0 Å². The summed E-state index contributed by atoms with van der Waals surface area (Å²) >= 11 is 3.41. The minimum Gasteiger partial charge on any atom is -0.332 e. The average Bonchev–Trinajstić information content (AvgIpc) is 2.86. The molecule has 2 aromatic carbocycles. The van der Waals surface area contributed by atoms with E-state index >= 15 is 0 Å². The van der Waals surface area contributed by atoms with Gasteiger partial charge < -0.3 is 5.32 Å². The third-order valence-corrected chi connectivity index (χ3v) is 11.3. The van der Waals surface area contributed by atoms with Gasteiger partial charge in [0.05, 0.1) is 10.3 Å². The maximum atomic E-state index is 13.2. The Bertz CT molecular complexity index is 1470. The molecule has 4 fully saturated rings. The number of halogens is 1. The summed E-state index contributed by atoms with van der Waals surface area (Å²) in [7, 11) is -4.05. The fraction of sp³-hybridized carbons (Fsp3) is 0.500. The van der Waals surface area contributed by atoms with Crippen molar-refractivity contribution in [2.45, 2.75) is 74.6 Å². The van der Waals surface area contributed by atoms with Gasteiger partial charge >= 0.3 is 35.6 Å². The standard InChI is InChI=1S/C30H34BrN3O5S.Na/c1-29(2)25-8-5-22(31)14-24(25)26(35)34(27(29)36)10-9-18-3-6-23(7-4-18)40(38,39)33-28(37)32-30-15-19-11-20(16-30)13-21(12-19)17-30;/h3-8,14,19-21H,9-13,15-17H2,1-2H3,(H2,32,33,37);/q;+1. The van der Waals surface area contributed by atoms with Gasteiger partial charge in [0.1, 0.15) is 0 Å². The van der Waals surface area contributed by atoms with E-state index in [1.165, 1.54) is 36.3 Å². The molecule has 0 spiro atoms. The van der Waals surface area contributed by atoms with Crippen molar-refractivity contribution in [2.75, 3.05) is 6.54 Å². The molecule has 0 aromatic heterocycles. The van der Waals surface area contributed by atoms with Crippen molar-refractivity contribution < 1.29 is 52.4 Å². The summed E-state index contributed by atoms with van der Waals surface area (Å²) < 4.78 is 28.9. The van der Waals surface area contributed by atoms with E-state index in [-0.39, 0.29) is 58.4 Å². The smallest absolute Gasteiger partial charge is 0.332 e. The number of hydrogen-bond acceptors (Lipinski definition) is 5. The third kappa shape index (κ3) is 5.79. The average molecular weight is 652 g/mol. The first-order valence-corrected chi connectivity index (χ1v) is 16.2. The summed E-state index contributed by atoms with van der Waals surface area (Å²) in [5, 5.41) is 3.04. The van der Waals surface area contributed by atoms with E-state index in [4.69, 9.17) is 0 Å². The van der Waals surface area contributed by atoms with Crippen molar-refractivity contribution in [3.05, 3.63) is 63.6 Å². The normalized spacial score (nSPS) is 27.7. The molecule has 8 nitrogen and oxygen atoms in total. The molecular weight excluding hydrogens is 617 g/mol. The second-order valence-electron chi connectivity index (χ2n) is 12.7. The molecule has 4 saturated carbocycles. The van der Waals surface area contributed by atoms with Gasteiger partial charge in [0, 0.05) is 22.1 Å². The number of nitrogens with one attached hydrogen (secondary N) is 2.